The zero-order valence-corrected chi connectivity index (χ0v) is 13.2. The number of anilines is 2. The van der Waals surface area contributed by atoms with E-state index in [1.165, 1.54) is 14.0 Å². The van der Waals surface area contributed by atoms with E-state index in [2.05, 4.69) is 10.6 Å². The van der Waals surface area contributed by atoms with Gasteiger partial charge in [0, 0.05) is 17.3 Å². The van der Waals surface area contributed by atoms with Gasteiger partial charge < -0.3 is 20.1 Å². The Balaban J connectivity index is 2.10. The van der Waals surface area contributed by atoms with Crippen LogP contribution in [0.1, 0.15) is 17.3 Å². The van der Waals surface area contributed by atoms with Gasteiger partial charge in [-0.2, -0.15) is 0 Å². The molecule has 0 atom stereocenters. The van der Waals surface area contributed by atoms with Crippen LogP contribution in [-0.4, -0.2) is 26.0 Å². The summed E-state index contributed by atoms with van der Waals surface area (Å²) in [6.45, 7) is 1.47. The maximum atomic E-state index is 12.1. The van der Waals surface area contributed by atoms with Crippen molar-refractivity contribution in [2.24, 2.45) is 0 Å². The first-order chi connectivity index (χ1) is 11.0. The number of amides is 2. The average molecular weight is 314 g/mol. The topological polar surface area (TPSA) is 76.7 Å². The fourth-order valence-corrected chi connectivity index (χ4v) is 2.00. The van der Waals surface area contributed by atoms with Crippen LogP contribution >= 0.6 is 0 Å². The van der Waals surface area contributed by atoms with E-state index in [9.17, 15) is 9.59 Å². The van der Waals surface area contributed by atoms with E-state index >= 15 is 0 Å². The largest absolute Gasteiger partial charge is 0.497 e. The van der Waals surface area contributed by atoms with Gasteiger partial charge in [-0.15, -0.1) is 0 Å². The Morgan fingerprint density at radius 1 is 0.957 bits per heavy atom. The summed E-state index contributed by atoms with van der Waals surface area (Å²) >= 11 is 0. The molecule has 2 N–H and O–H groups in total. The minimum Gasteiger partial charge on any atom is -0.497 e. The van der Waals surface area contributed by atoms with Crippen molar-refractivity contribution in [3.05, 3.63) is 48.0 Å². The molecule has 0 spiro atoms. The third kappa shape index (κ3) is 4.23. The summed E-state index contributed by atoms with van der Waals surface area (Å²) in [4.78, 5) is 23.5. The molecule has 0 aliphatic rings. The predicted octanol–water partition coefficient (Wildman–Crippen LogP) is 3.55. The maximum absolute atomic E-state index is 12.1. The van der Waals surface area contributed by atoms with Crippen molar-refractivity contribution in [3.8, 4) is 11.5 Å². The number of rotatable bonds is 5. The van der Waals surface area contributed by atoms with Gasteiger partial charge in [0.1, 0.15) is 11.5 Å². The van der Waals surface area contributed by atoms with E-state index in [0.717, 1.165) is 0 Å². The fourth-order valence-electron chi connectivity index (χ4n) is 2.00. The van der Waals surface area contributed by atoms with Gasteiger partial charge in [-0.3, -0.25) is 4.79 Å². The van der Waals surface area contributed by atoms with E-state index in [1.54, 1.807) is 49.6 Å². The van der Waals surface area contributed by atoms with E-state index < -0.39 is 6.03 Å². The molecule has 0 aromatic heterocycles. The minimum atomic E-state index is -0.436. The third-order valence-corrected chi connectivity index (χ3v) is 3.18. The number of carbonyl (C=O) groups excluding carboxylic acids is 2. The highest BCUT2D eigenvalue weighted by atomic mass is 16.5. The van der Waals surface area contributed by atoms with Gasteiger partial charge in [-0.25, -0.2) is 4.79 Å². The van der Waals surface area contributed by atoms with Crippen LogP contribution in [0.15, 0.2) is 42.5 Å². The Morgan fingerprint density at radius 3 is 2.39 bits per heavy atom. The summed E-state index contributed by atoms with van der Waals surface area (Å²) in [5.41, 5.74) is 1.57. The van der Waals surface area contributed by atoms with E-state index in [0.29, 0.717) is 28.4 Å². The molecular weight excluding hydrogens is 296 g/mol. The molecule has 0 aliphatic carbocycles. The number of hydrogen-bond donors (Lipinski definition) is 2. The number of urea groups is 1. The highest BCUT2D eigenvalue weighted by Gasteiger charge is 2.09. The number of ketones is 1. The lowest BCUT2D eigenvalue weighted by molar-refractivity contribution is 0.101. The molecule has 0 aliphatic heterocycles. The molecule has 23 heavy (non-hydrogen) atoms. The normalized spacial score (nSPS) is 9.87. The molecule has 0 radical (unpaired) electrons. The molecule has 6 nitrogen and oxygen atoms in total. The molecule has 2 aromatic carbocycles. The van der Waals surface area contributed by atoms with Gasteiger partial charge in [0.25, 0.3) is 0 Å². The van der Waals surface area contributed by atoms with Gasteiger partial charge in [0.15, 0.2) is 5.78 Å². The summed E-state index contributed by atoms with van der Waals surface area (Å²) in [6, 6.07) is 11.4. The monoisotopic (exact) mass is 314 g/mol. The van der Waals surface area contributed by atoms with Gasteiger partial charge >= 0.3 is 6.03 Å². The zero-order chi connectivity index (χ0) is 16.8. The highest BCUT2D eigenvalue weighted by Crippen LogP contribution is 2.29. The van der Waals surface area contributed by atoms with Crippen molar-refractivity contribution >= 4 is 23.2 Å². The van der Waals surface area contributed by atoms with Crippen LogP contribution in [0.5, 0.6) is 11.5 Å². The molecule has 6 heteroatoms. The molecular formula is C17H18N2O4. The van der Waals surface area contributed by atoms with Crippen molar-refractivity contribution in [3.63, 3.8) is 0 Å². The Hall–Kier alpha value is -3.02. The number of hydrogen-bond acceptors (Lipinski definition) is 4. The van der Waals surface area contributed by atoms with Gasteiger partial charge in [-0.1, -0.05) is 12.1 Å². The quantitative estimate of drug-likeness (QED) is 0.827. The Morgan fingerprint density at radius 2 is 1.74 bits per heavy atom. The van der Waals surface area contributed by atoms with Crippen LogP contribution in [0.3, 0.4) is 0 Å². The lowest BCUT2D eigenvalue weighted by Crippen LogP contribution is -2.20. The van der Waals surface area contributed by atoms with Crippen LogP contribution in [0, 0.1) is 0 Å². The second-order valence-electron chi connectivity index (χ2n) is 4.78. The second kappa shape index (κ2) is 7.31. The van der Waals surface area contributed by atoms with Gasteiger partial charge in [0.2, 0.25) is 0 Å². The standard InChI is InChI=1S/C17H18N2O4/c1-11(20)12-5-4-6-13(9-12)18-17(21)19-15-8-7-14(22-2)10-16(15)23-3/h4-10H,1-3H3,(H2,18,19,21). The smallest absolute Gasteiger partial charge is 0.323 e. The Labute approximate surface area is 134 Å². The van der Waals surface area contributed by atoms with Crippen molar-refractivity contribution in [2.45, 2.75) is 6.92 Å². The van der Waals surface area contributed by atoms with E-state index in [1.807, 2.05) is 0 Å². The summed E-state index contributed by atoms with van der Waals surface area (Å²) in [7, 11) is 3.06. The molecule has 120 valence electrons. The Bertz CT molecular complexity index is 728. The van der Waals surface area contributed by atoms with Crippen LogP contribution in [0.25, 0.3) is 0 Å². The van der Waals surface area contributed by atoms with Crippen LogP contribution in [0.2, 0.25) is 0 Å². The molecule has 2 rings (SSSR count). The number of Topliss-reactive ketones (excluding diaryl/α,β-unsaturated/α-hetero) is 1. The number of nitrogens with one attached hydrogen (secondary N) is 2. The van der Waals surface area contributed by atoms with E-state index in [4.69, 9.17) is 9.47 Å². The SMILES string of the molecule is COc1ccc(NC(=O)Nc2cccc(C(C)=O)c2)c(OC)c1. The molecule has 0 heterocycles. The van der Waals surface area contributed by atoms with Gasteiger partial charge in [-0.05, 0) is 31.2 Å². The lowest BCUT2D eigenvalue weighted by Gasteiger charge is -2.12. The molecule has 0 saturated carbocycles. The Kier molecular flexibility index (Phi) is 5.19. The lowest BCUT2D eigenvalue weighted by atomic mass is 10.1. The number of carbonyl (C=O) groups is 2. The number of benzene rings is 2. The van der Waals surface area contributed by atoms with Crippen molar-refractivity contribution in [1.82, 2.24) is 0 Å². The highest BCUT2D eigenvalue weighted by molar-refractivity contribution is 6.02. The van der Waals surface area contributed by atoms with Crippen molar-refractivity contribution in [1.29, 1.82) is 0 Å². The summed E-state index contributed by atoms with van der Waals surface area (Å²) in [6.07, 6.45) is 0. The third-order valence-electron chi connectivity index (χ3n) is 3.18. The first-order valence-corrected chi connectivity index (χ1v) is 6.94. The maximum Gasteiger partial charge on any atom is 0.323 e. The first-order valence-electron chi connectivity index (χ1n) is 6.94. The van der Waals surface area contributed by atoms with Gasteiger partial charge in [0.05, 0.1) is 19.9 Å². The second-order valence-corrected chi connectivity index (χ2v) is 4.78. The zero-order valence-electron chi connectivity index (χ0n) is 13.2. The number of methoxy groups -OCH3 is 2. The number of ether oxygens (including phenoxy) is 2. The van der Waals surface area contributed by atoms with Crippen LogP contribution < -0.4 is 20.1 Å². The summed E-state index contributed by atoms with van der Waals surface area (Å²) in [5, 5.41) is 5.37. The molecule has 0 bridgehead atoms. The molecule has 2 aromatic rings. The molecule has 0 saturated heterocycles. The summed E-state index contributed by atoms with van der Waals surface area (Å²) < 4.78 is 10.3. The molecule has 0 unspecified atom stereocenters. The predicted molar refractivity (Wildman–Crippen MR) is 88.6 cm³/mol. The van der Waals surface area contributed by atoms with Crippen LogP contribution in [0.4, 0.5) is 16.2 Å². The molecule has 2 amide bonds. The average Bonchev–Trinajstić information content (AvgIpc) is 2.55. The summed E-state index contributed by atoms with van der Waals surface area (Å²) in [5.74, 6) is 1.05. The van der Waals surface area contributed by atoms with Crippen molar-refractivity contribution in [2.75, 3.05) is 24.9 Å². The molecule has 0 fully saturated rings. The van der Waals surface area contributed by atoms with E-state index in [-0.39, 0.29) is 5.78 Å². The van der Waals surface area contributed by atoms with Crippen LogP contribution in [-0.2, 0) is 0 Å². The first kappa shape index (κ1) is 16.4. The van der Waals surface area contributed by atoms with Crippen molar-refractivity contribution < 1.29 is 19.1 Å². The fraction of sp³-hybridized carbons (Fsp3) is 0.176. The minimum absolute atomic E-state index is 0.0640.